The molecule has 2 N–H and O–H groups in total. The third-order valence-electron chi connectivity index (χ3n) is 3.79. The van der Waals surface area contributed by atoms with Crippen LogP contribution < -0.4 is 15.5 Å². The van der Waals surface area contributed by atoms with E-state index in [9.17, 15) is 4.79 Å². The predicted octanol–water partition coefficient (Wildman–Crippen LogP) is 4.71. The van der Waals surface area contributed by atoms with Crippen molar-refractivity contribution in [3.63, 3.8) is 0 Å². The van der Waals surface area contributed by atoms with Gasteiger partial charge in [0, 0.05) is 35.6 Å². The maximum Gasteiger partial charge on any atom is 0.250 e. The largest absolute Gasteiger partial charge is 0.372 e. The summed E-state index contributed by atoms with van der Waals surface area (Å²) in [5.74, 6) is -0.294. The molecule has 0 aromatic heterocycles. The quantitative estimate of drug-likeness (QED) is 0.556. The summed E-state index contributed by atoms with van der Waals surface area (Å²) in [5, 5.41) is 6.55. The molecule has 0 fully saturated rings. The van der Waals surface area contributed by atoms with E-state index in [1.807, 2.05) is 36.4 Å². The molecule has 4 nitrogen and oxygen atoms in total. The van der Waals surface area contributed by atoms with Crippen molar-refractivity contribution < 1.29 is 4.79 Å². The molecule has 0 saturated heterocycles. The van der Waals surface area contributed by atoms with Gasteiger partial charge in [-0.15, -0.1) is 0 Å². The third-order valence-corrected chi connectivity index (χ3v) is 4.24. The Bertz CT molecular complexity index is 769. The molecule has 0 atom stereocenters. The van der Waals surface area contributed by atoms with Gasteiger partial charge >= 0.3 is 0 Å². The first-order chi connectivity index (χ1) is 12.5. The number of anilines is 2. The zero-order chi connectivity index (χ0) is 18.9. The molecule has 136 valence electrons. The summed E-state index contributed by atoms with van der Waals surface area (Å²) in [6.45, 7) is 6.16. The Morgan fingerprint density at radius 3 is 2.27 bits per heavy atom. The van der Waals surface area contributed by atoms with Crippen molar-refractivity contribution in [3.05, 3.63) is 65.2 Å². The molecule has 0 radical (unpaired) electrons. The number of rotatable bonds is 6. The van der Waals surface area contributed by atoms with Crippen LogP contribution in [0.1, 0.15) is 19.4 Å². The van der Waals surface area contributed by atoms with Crippen molar-refractivity contribution in [2.24, 2.45) is 0 Å². The van der Waals surface area contributed by atoms with Crippen molar-refractivity contribution in [2.45, 2.75) is 13.8 Å². The first-order valence-corrected chi connectivity index (χ1v) is 9.21. The maximum atomic E-state index is 11.9. The molecule has 0 aliphatic carbocycles. The van der Waals surface area contributed by atoms with E-state index in [-0.39, 0.29) is 11.0 Å². The second kappa shape index (κ2) is 9.94. The Kier molecular flexibility index (Phi) is 7.63. The van der Waals surface area contributed by atoms with E-state index in [1.54, 1.807) is 18.2 Å². The molecule has 0 bridgehead atoms. The lowest BCUT2D eigenvalue weighted by atomic mass is 10.2. The van der Waals surface area contributed by atoms with Gasteiger partial charge in [0.15, 0.2) is 5.11 Å². The molecule has 0 unspecified atom stereocenters. The number of carbonyl (C=O) groups is 1. The Morgan fingerprint density at radius 2 is 1.69 bits per heavy atom. The van der Waals surface area contributed by atoms with Gasteiger partial charge in [0.05, 0.1) is 0 Å². The Labute approximate surface area is 164 Å². The van der Waals surface area contributed by atoms with Gasteiger partial charge < -0.3 is 10.2 Å². The first kappa shape index (κ1) is 19.9. The monoisotopic (exact) mass is 387 g/mol. The number of thiocarbonyl (C=S) groups is 1. The van der Waals surface area contributed by atoms with Gasteiger partial charge in [-0.25, -0.2) is 0 Å². The highest BCUT2D eigenvalue weighted by Gasteiger charge is 2.04. The molecule has 0 heterocycles. The van der Waals surface area contributed by atoms with E-state index in [0.29, 0.717) is 5.02 Å². The van der Waals surface area contributed by atoms with Gasteiger partial charge in [-0.3, -0.25) is 10.1 Å². The molecule has 2 aromatic carbocycles. The SMILES string of the molecule is CCN(CC)c1ccc(NC(=S)NC(=O)/C=C/c2ccc(Cl)cc2)cc1. The number of benzene rings is 2. The van der Waals surface area contributed by atoms with E-state index < -0.39 is 0 Å². The predicted molar refractivity (Wildman–Crippen MR) is 115 cm³/mol. The molecular weight excluding hydrogens is 366 g/mol. The molecule has 0 aliphatic heterocycles. The fraction of sp³-hybridized carbons (Fsp3) is 0.200. The summed E-state index contributed by atoms with van der Waals surface area (Å²) in [6.07, 6.45) is 3.13. The molecule has 0 aliphatic rings. The highest BCUT2D eigenvalue weighted by molar-refractivity contribution is 7.80. The van der Waals surface area contributed by atoms with Crippen LogP contribution in [0.3, 0.4) is 0 Å². The Hall–Kier alpha value is -2.37. The summed E-state index contributed by atoms with van der Waals surface area (Å²) >= 11 is 11.0. The van der Waals surface area contributed by atoms with Gasteiger partial charge in [0.1, 0.15) is 0 Å². The van der Waals surface area contributed by atoms with Crippen molar-refractivity contribution in [1.29, 1.82) is 0 Å². The van der Waals surface area contributed by atoms with Crippen LogP contribution in [-0.4, -0.2) is 24.1 Å². The number of hydrogen-bond acceptors (Lipinski definition) is 3. The molecule has 0 spiro atoms. The van der Waals surface area contributed by atoms with Gasteiger partial charge in [-0.05, 0) is 74.1 Å². The summed E-state index contributed by atoms with van der Waals surface area (Å²) in [6, 6.07) is 15.1. The average molecular weight is 388 g/mol. The lowest BCUT2D eigenvalue weighted by molar-refractivity contribution is -0.115. The van der Waals surface area contributed by atoms with Crippen molar-refractivity contribution in [1.82, 2.24) is 5.32 Å². The van der Waals surface area contributed by atoms with Crippen LogP contribution in [0.5, 0.6) is 0 Å². The van der Waals surface area contributed by atoms with Crippen LogP contribution in [-0.2, 0) is 4.79 Å². The Balaban J connectivity index is 1.87. The molecule has 6 heteroatoms. The summed E-state index contributed by atoms with van der Waals surface area (Å²) < 4.78 is 0. The van der Waals surface area contributed by atoms with E-state index in [4.69, 9.17) is 23.8 Å². The van der Waals surface area contributed by atoms with Crippen LogP contribution in [0, 0.1) is 0 Å². The van der Waals surface area contributed by atoms with Crippen LogP contribution in [0.25, 0.3) is 6.08 Å². The molecule has 0 saturated carbocycles. The minimum absolute atomic E-state index is 0.256. The maximum absolute atomic E-state index is 11.9. The molecule has 26 heavy (non-hydrogen) atoms. The van der Waals surface area contributed by atoms with E-state index in [0.717, 1.165) is 30.0 Å². The van der Waals surface area contributed by atoms with Crippen LogP contribution in [0.4, 0.5) is 11.4 Å². The lowest BCUT2D eigenvalue weighted by Gasteiger charge is -2.21. The first-order valence-electron chi connectivity index (χ1n) is 8.42. The molecule has 1 amide bonds. The van der Waals surface area contributed by atoms with Gasteiger partial charge in [0.2, 0.25) is 5.91 Å². The molecular formula is C20H22ClN3OS. The topological polar surface area (TPSA) is 44.4 Å². The Morgan fingerprint density at radius 1 is 1.08 bits per heavy atom. The minimum Gasteiger partial charge on any atom is -0.372 e. The molecule has 2 rings (SSSR count). The zero-order valence-electron chi connectivity index (χ0n) is 14.8. The van der Waals surface area contributed by atoms with E-state index in [1.165, 1.54) is 6.08 Å². The van der Waals surface area contributed by atoms with Crippen molar-refractivity contribution in [2.75, 3.05) is 23.3 Å². The highest BCUT2D eigenvalue weighted by Crippen LogP contribution is 2.17. The number of amides is 1. The van der Waals surface area contributed by atoms with Crippen LogP contribution in [0.2, 0.25) is 5.02 Å². The van der Waals surface area contributed by atoms with Gasteiger partial charge in [-0.1, -0.05) is 23.7 Å². The number of carbonyl (C=O) groups excluding carboxylic acids is 1. The van der Waals surface area contributed by atoms with Gasteiger partial charge in [-0.2, -0.15) is 0 Å². The highest BCUT2D eigenvalue weighted by atomic mass is 35.5. The van der Waals surface area contributed by atoms with Gasteiger partial charge in [0.25, 0.3) is 0 Å². The second-order valence-electron chi connectivity index (χ2n) is 5.55. The standard InChI is InChI=1S/C20H22ClN3OS/c1-3-24(4-2)18-12-10-17(11-13-18)22-20(26)23-19(25)14-7-15-5-8-16(21)9-6-15/h5-14H,3-4H2,1-2H3,(H2,22,23,25,26)/b14-7+. The average Bonchev–Trinajstić information content (AvgIpc) is 2.63. The molecule has 2 aromatic rings. The number of nitrogens with zero attached hydrogens (tertiary/aromatic N) is 1. The zero-order valence-corrected chi connectivity index (χ0v) is 16.4. The summed E-state index contributed by atoms with van der Waals surface area (Å²) in [5.41, 5.74) is 2.87. The number of nitrogens with one attached hydrogen (secondary N) is 2. The van der Waals surface area contributed by atoms with E-state index in [2.05, 4.69) is 29.4 Å². The van der Waals surface area contributed by atoms with Crippen molar-refractivity contribution >= 4 is 52.3 Å². The normalized spacial score (nSPS) is 10.6. The fourth-order valence-corrected chi connectivity index (χ4v) is 2.75. The van der Waals surface area contributed by atoms with E-state index >= 15 is 0 Å². The summed E-state index contributed by atoms with van der Waals surface area (Å²) in [7, 11) is 0. The smallest absolute Gasteiger partial charge is 0.250 e. The fourth-order valence-electron chi connectivity index (χ4n) is 2.41. The number of halogens is 1. The lowest BCUT2D eigenvalue weighted by Crippen LogP contribution is -2.32. The summed E-state index contributed by atoms with van der Waals surface area (Å²) in [4.78, 5) is 14.2. The van der Waals surface area contributed by atoms with Crippen LogP contribution >= 0.6 is 23.8 Å². The number of hydrogen-bond donors (Lipinski definition) is 2. The van der Waals surface area contributed by atoms with Crippen LogP contribution in [0.15, 0.2) is 54.6 Å². The van der Waals surface area contributed by atoms with Crippen molar-refractivity contribution in [3.8, 4) is 0 Å². The second-order valence-corrected chi connectivity index (χ2v) is 6.39. The third kappa shape index (κ3) is 6.17. The minimum atomic E-state index is -0.294.